The van der Waals surface area contributed by atoms with Crippen LogP contribution in [0.1, 0.15) is 39.0 Å². The van der Waals surface area contributed by atoms with Crippen LogP contribution < -0.4 is 5.73 Å². The Bertz CT molecular complexity index is 194. The Morgan fingerprint density at radius 1 is 1.50 bits per heavy atom. The Balaban J connectivity index is 2.11. The molecule has 0 aromatic heterocycles. The lowest BCUT2D eigenvalue weighted by Crippen LogP contribution is -2.26. The average Bonchev–Trinajstić information content (AvgIpc) is 2.39. The van der Waals surface area contributed by atoms with Crippen LogP contribution in [0, 0.1) is 11.3 Å². The first-order valence-electron chi connectivity index (χ1n) is 5.06. The lowest BCUT2D eigenvalue weighted by atomic mass is 9.95. The van der Waals surface area contributed by atoms with Crippen LogP contribution in [0.25, 0.3) is 0 Å². The Morgan fingerprint density at radius 3 is 2.75 bits per heavy atom. The lowest BCUT2D eigenvalue weighted by Gasteiger charge is -2.10. The fourth-order valence-corrected chi connectivity index (χ4v) is 4.34. The van der Waals surface area contributed by atoms with Gasteiger partial charge in [0.1, 0.15) is 0 Å². The topological polar surface area (TPSA) is 26.0 Å². The third kappa shape index (κ3) is 0.884. The second-order valence-electron chi connectivity index (χ2n) is 4.43. The molecule has 2 saturated carbocycles. The highest BCUT2D eigenvalue weighted by atomic mass is 127. The monoisotopic (exact) mass is 279 g/mol. The molecule has 2 heteroatoms. The van der Waals surface area contributed by atoms with Crippen LogP contribution >= 0.6 is 22.6 Å². The molecule has 2 fully saturated rings. The van der Waals surface area contributed by atoms with E-state index < -0.39 is 0 Å². The molecular weight excluding hydrogens is 261 g/mol. The van der Waals surface area contributed by atoms with Gasteiger partial charge in [-0.1, -0.05) is 35.9 Å². The van der Waals surface area contributed by atoms with Crippen LogP contribution in [0.3, 0.4) is 0 Å². The van der Waals surface area contributed by atoms with E-state index in [4.69, 9.17) is 5.73 Å². The molecule has 3 unspecified atom stereocenters. The zero-order valence-electron chi connectivity index (χ0n) is 7.78. The molecule has 0 saturated heterocycles. The summed E-state index contributed by atoms with van der Waals surface area (Å²) in [4.78, 5) is 0. The van der Waals surface area contributed by atoms with E-state index in [9.17, 15) is 0 Å². The Labute approximate surface area is 88.6 Å². The van der Waals surface area contributed by atoms with Crippen LogP contribution in [0.5, 0.6) is 0 Å². The number of nitrogens with two attached hydrogens (primary N) is 1. The predicted molar refractivity (Wildman–Crippen MR) is 60.5 cm³/mol. The van der Waals surface area contributed by atoms with Gasteiger partial charge in [-0.15, -0.1) is 0 Å². The molecule has 3 atom stereocenters. The first kappa shape index (κ1) is 9.25. The summed E-state index contributed by atoms with van der Waals surface area (Å²) in [5.41, 5.74) is 7.28. The van der Waals surface area contributed by atoms with Crippen molar-refractivity contribution >= 4 is 22.6 Å². The SMILES string of the molecule is CCC12CCCC1(N)C2CCI. The van der Waals surface area contributed by atoms with Crippen LogP contribution in [0.2, 0.25) is 0 Å². The molecule has 0 spiro atoms. The average molecular weight is 279 g/mol. The first-order chi connectivity index (χ1) is 5.71. The van der Waals surface area contributed by atoms with E-state index in [-0.39, 0.29) is 5.54 Å². The van der Waals surface area contributed by atoms with Crippen molar-refractivity contribution in [2.24, 2.45) is 17.1 Å². The molecule has 0 aromatic carbocycles. The summed E-state index contributed by atoms with van der Waals surface area (Å²) in [5.74, 6) is 0.862. The minimum absolute atomic E-state index is 0.271. The van der Waals surface area contributed by atoms with E-state index >= 15 is 0 Å². The van der Waals surface area contributed by atoms with Gasteiger partial charge in [0.15, 0.2) is 0 Å². The summed E-state index contributed by atoms with van der Waals surface area (Å²) in [6.07, 6.45) is 6.74. The highest BCUT2D eigenvalue weighted by molar-refractivity contribution is 14.1. The lowest BCUT2D eigenvalue weighted by molar-refractivity contribution is 0.410. The maximum absolute atomic E-state index is 6.42. The first-order valence-corrected chi connectivity index (χ1v) is 6.58. The number of hydrogen-bond acceptors (Lipinski definition) is 1. The maximum atomic E-state index is 6.42. The third-order valence-electron chi connectivity index (χ3n) is 4.37. The van der Waals surface area contributed by atoms with E-state index in [1.807, 2.05) is 0 Å². The van der Waals surface area contributed by atoms with Crippen molar-refractivity contribution in [3.05, 3.63) is 0 Å². The van der Waals surface area contributed by atoms with Crippen LogP contribution in [-0.2, 0) is 0 Å². The molecule has 2 N–H and O–H groups in total. The van der Waals surface area contributed by atoms with Gasteiger partial charge >= 0.3 is 0 Å². The van der Waals surface area contributed by atoms with Crippen LogP contribution in [0.15, 0.2) is 0 Å². The Kier molecular flexibility index (Phi) is 2.19. The minimum Gasteiger partial charge on any atom is -0.324 e. The van der Waals surface area contributed by atoms with Crippen molar-refractivity contribution in [3.8, 4) is 0 Å². The highest BCUT2D eigenvalue weighted by Crippen LogP contribution is 2.72. The number of fused-ring (bicyclic) bond motifs is 1. The van der Waals surface area contributed by atoms with E-state index in [0.717, 1.165) is 5.92 Å². The van der Waals surface area contributed by atoms with Gasteiger partial charge < -0.3 is 5.73 Å². The summed E-state index contributed by atoms with van der Waals surface area (Å²) in [5, 5.41) is 0. The normalized spacial score (nSPS) is 50.8. The summed E-state index contributed by atoms with van der Waals surface area (Å²) >= 11 is 2.48. The Hall–Kier alpha value is 0.690. The second-order valence-corrected chi connectivity index (χ2v) is 5.51. The summed E-state index contributed by atoms with van der Waals surface area (Å²) in [6.45, 7) is 2.32. The molecular formula is C10H18IN. The summed E-state index contributed by atoms with van der Waals surface area (Å²) in [6, 6.07) is 0. The predicted octanol–water partition coefficient (Wildman–Crippen LogP) is 2.72. The van der Waals surface area contributed by atoms with Gasteiger partial charge in [-0.05, 0) is 41.4 Å². The quantitative estimate of drug-likeness (QED) is 0.624. The van der Waals surface area contributed by atoms with Crippen molar-refractivity contribution in [2.45, 2.75) is 44.6 Å². The maximum Gasteiger partial charge on any atom is 0.0249 e. The molecule has 0 aliphatic heterocycles. The third-order valence-corrected chi connectivity index (χ3v) is 5.00. The molecule has 0 radical (unpaired) electrons. The molecule has 2 aliphatic rings. The number of hydrogen-bond donors (Lipinski definition) is 1. The molecule has 0 heterocycles. The highest BCUT2D eigenvalue weighted by Gasteiger charge is 2.73. The largest absolute Gasteiger partial charge is 0.324 e. The molecule has 2 aliphatic carbocycles. The van der Waals surface area contributed by atoms with Crippen molar-refractivity contribution in [1.29, 1.82) is 0 Å². The van der Waals surface area contributed by atoms with Gasteiger partial charge in [0, 0.05) is 5.54 Å². The molecule has 0 aromatic rings. The van der Waals surface area contributed by atoms with Gasteiger partial charge in [-0.2, -0.15) is 0 Å². The van der Waals surface area contributed by atoms with Gasteiger partial charge in [0.05, 0.1) is 0 Å². The van der Waals surface area contributed by atoms with Crippen LogP contribution in [0.4, 0.5) is 0 Å². The van der Waals surface area contributed by atoms with E-state index in [1.165, 1.54) is 36.5 Å². The minimum atomic E-state index is 0.271. The van der Waals surface area contributed by atoms with Crippen molar-refractivity contribution < 1.29 is 0 Å². The second kappa shape index (κ2) is 2.84. The fourth-order valence-electron chi connectivity index (χ4n) is 3.71. The zero-order valence-corrected chi connectivity index (χ0v) is 9.93. The summed E-state index contributed by atoms with van der Waals surface area (Å²) in [7, 11) is 0. The molecule has 2 rings (SSSR count). The molecule has 12 heavy (non-hydrogen) atoms. The number of halogens is 1. The number of rotatable bonds is 3. The van der Waals surface area contributed by atoms with Gasteiger partial charge in [-0.3, -0.25) is 0 Å². The summed E-state index contributed by atoms with van der Waals surface area (Å²) < 4.78 is 1.28. The van der Waals surface area contributed by atoms with Gasteiger partial charge in [-0.25, -0.2) is 0 Å². The van der Waals surface area contributed by atoms with Gasteiger partial charge in [0.2, 0.25) is 0 Å². The van der Waals surface area contributed by atoms with Crippen molar-refractivity contribution in [3.63, 3.8) is 0 Å². The molecule has 1 nitrogen and oxygen atoms in total. The smallest absolute Gasteiger partial charge is 0.0249 e. The van der Waals surface area contributed by atoms with Gasteiger partial charge in [0.25, 0.3) is 0 Å². The van der Waals surface area contributed by atoms with Crippen LogP contribution in [-0.4, -0.2) is 9.97 Å². The Morgan fingerprint density at radius 2 is 2.25 bits per heavy atom. The van der Waals surface area contributed by atoms with E-state index in [1.54, 1.807) is 0 Å². The molecule has 0 bridgehead atoms. The molecule has 0 amide bonds. The molecule has 70 valence electrons. The van der Waals surface area contributed by atoms with E-state index in [0.29, 0.717) is 5.41 Å². The van der Waals surface area contributed by atoms with Crippen molar-refractivity contribution in [2.75, 3.05) is 4.43 Å². The van der Waals surface area contributed by atoms with E-state index in [2.05, 4.69) is 29.5 Å². The number of alkyl halides is 1. The zero-order chi connectivity index (χ0) is 8.82. The fraction of sp³-hybridized carbons (Fsp3) is 1.00. The standard InChI is InChI=1S/C10H18IN/c1-2-9-5-3-6-10(9,12)8(9)4-7-11/h8H,2-7,12H2,1H3. The van der Waals surface area contributed by atoms with Crippen molar-refractivity contribution in [1.82, 2.24) is 0 Å².